The molecule has 2 rings (SSSR count). The third kappa shape index (κ3) is 2.29. The number of aryl methyl sites for hydroxylation is 1. The van der Waals surface area contributed by atoms with Crippen molar-refractivity contribution in [1.82, 2.24) is 10.2 Å². The van der Waals surface area contributed by atoms with Gasteiger partial charge in [-0.1, -0.05) is 0 Å². The molecule has 1 aromatic heterocycles. The summed E-state index contributed by atoms with van der Waals surface area (Å²) in [6.07, 6.45) is -3.77. The Morgan fingerprint density at radius 1 is 1.40 bits per heavy atom. The molecule has 0 aliphatic carbocycles. The monoisotopic (exact) mass is 287 g/mol. The maximum Gasteiger partial charge on any atom is 0.471 e. The Balaban J connectivity index is 2.62. The summed E-state index contributed by atoms with van der Waals surface area (Å²) in [5.41, 5.74) is -0.638. The molecule has 1 aromatic carbocycles. The number of carbonyl (C=O) groups is 2. The number of carboxylic acid groups (broad SMARTS) is 1. The van der Waals surface area contributed by atoms with Crippen molar-refractivity contribution >= 4 is 28.5 Å². The summed E-state index contributed by atoms with van der Waals surface area (Å²) in [5.74, 6) is -3.71. The average Bonchev–Trinajstić information content (AvgIpc) is 2.75. The molecular formula is C11H8F3N3O3. The van der Waals surface area contributed by atoms with Gasteiger partial charge < -0.3 is 10.4 Å². The van der Waals surface area contributed by atoms with Gasteiger partial charge in [0.15, 0.2) is 0 Å². The number of H-pyrrole nitrogens is 1. The van der Waals surface area contributed by atoms with Crippen molar-refractivity contribution in [2.45, 2.75) is 13.1 Å². The number of halogens is 3. The first-order valence-corrected chi connectivity index (χ1v) is 5.30. The van der Waals surface area contributed by atoms with Crippen LogP contribution >= 0.6 is 0 Å². The fourth-order valence-electron chi connectivity index (χ4n) is 1.79. The van der Waals surface area contributed by atoms with E-state index in [-0.39, 0.29) is 11.1 Å². The number of aromatic nitrogens is 2. The SMILES string of the molecule is Cc1cc2cn[nH]c2c(C(=O)O)c1NC(=O)C(F)(F)F. The van der Waals surface area contributed by atoms with E-state index in [0.29, 0.717) is 5.39 Å². The lowest BCUT2D eigenvalue weighted by atomic mass is 10.0. The molecule has 9 heteroatoms. The van der Waals surface area contributed by atoms with Crippen LogP contribution in [0.1, 0.15) is 15.9 Å². The number of benzene rings is 1. The van der Waals surface area contributed by atoms with E-state index in [1.54, 1.807) is 5.32 Å². The molecule has 0 aliphatic heterocycles. The summed E-state index contributed by atoms with van der Waals surface area (Å²) >= 11 is 0. The highest BCUT2D eigenvalue weighted by molar-refractivity contribution is 6.11. The first kappa shape index (κ1) is 13.8. The molecular weight excluding hydrogens is 279 g/mol. The third-order valence-corrected chi connectivity index (χ3v) is 2.64. The van der Waals surface area contributed by atoms with Gasteiger partial charge in [-0.05, 0) is 18.6 Å². The van der Waals surface area contributed by atoms with Crippen LogP contribution in [-0.2, 0) is 4.79 Å². The molecule has 20 heavy (non-hydrogen) atoms. The maximum atomic E-state index is 12.3. The van der Waals surface area contributed by atoms with E-state index >= 15 is 0 Å². The zero-order valence-electron chi connectivity index (χ0n) is 10.00. The highest BCUT2D eigenvalue weighted by Crippen LogP contribution is 2.30. The van der Waals surface area contributed by atoms with Crippen LogP contribution in [0.25, 0.3) is 10.9 Å². The summed E-state index contributed by atoms with van der Waals surface area (Å²) in [7, 11) is 0. The minimum absolute atomic E-state index is 0.0422. The Kier molecular flexibility index (Phi) is 3.12. The number of hydrogen-bond acceptors (Lipinski definition) is 3. The van der Waals surface area contributed by atoms with Gasteiger partial charge in [0.05, 0.1) is 17.4 Å². The standard InChI is InChI=1S/C11H8F3N3O3/c1-4-2-5-3-15-17-8(5)6(9(18)19)7(4)16-10(20)11(12,13)14/h2-3H,1H3,(H,15,17)(H,16,20)(H,18,19). The largest absolute Gasteiger partial charge is 0.478 e. The fraction of sp³-hybridized carbons (Fsp3) is 0.182. The first-order valence-electron chi connectivity index (χ1n) is 5.30. The van der Waals surface area contributed by atoms with Crippen LogP contribution in [-0.4, -0.2) is 33.4 Å². The number of alkyl halides is 3. The molecule has 106 valence electrons. The molecule has 1 amide bonds. The summed E-state index contributed by atoms with van der Waals surface area (Å²) < 4.78 is 36.8. The summed E-state index contributed by atoms with van der Waals surface area (Å²) in [5, 5.41) is 17.2. The first-order chi connectivity index (χ1) is 9.21. The van der Waals surface area contributed by atoms with Gasteiger partial charge in [0.25, 0.3) is 0 Å². The molecule has 0 saturated heterocycles. The zero-order valence-corrected chi connectivity index (χ0v) is 10.00. The number of nitrogens with zero attached hydrogens (tertiary/aromatic N) is 1. The van der Waals surface area contributed by atoms with Crippen molar-refractivity contribution in [2.75, 3.05) is 5.32 Å². The Hall–Kier alpha value is -2.58. The van der Waals surface area contributed by atoms with E-state index in [1.165, 1.54) is 19.2 Å². The molecule has 2 aromatic rings. The van der Waals surface area contributed by atoms with Crippen LogP contribution in [0.2, 0.25) is 0 Å². The minimum Gasteiger partial charge on any atom is -0.478 e. The van der Waals surface area contributed by atoms with Crippen molar-refractivity contribution in [3.05, 3.63) is 23.4 Å². The lowest BCUT2D eigenvalue weighted by Gasteiger charge is -2.13. The van der Waals surface area contributed by atoms with Gasteiger partial charge in [-0.2, -0.15) is 18.3 Å². The van der Waals surface area contributed by atoms with E-state index in [0.717, 1.165) is 0 Å². The van der Waals surface area contributed by atoms with E-state index in [4.69, 9.17) is 5.11 Å². The highest BCUT2D eigenvalue weighted by atomic mass is 19.4. The number of aromatic amines is 1. The van der Waals surface area contributed by atoms with Crippen LogP contribution < -0.4 is 5.32 Å². The molecule has 0 bridgehead atoms. The van der Waals surface area contributed by atoms with Gasteiger partial charge >= 0.3 is 18.1 Å². The lowest BCUT2D eigenvalue weighted by molar-refractivity contribution is -0.167. The van der Waals surface area contributed by atoms with Gasteiger partial charge in [0.1, 0.15) is 5.56 Å². The van der Waals surface area contributed by atoms with Crippen LogP contribution in [0.15, 0.2) is 12.3 Å². The van der Waals surface area contributed by atoms with Gasteiger partial charge in [-0.25, -0.2) is 4.79 Å². The molecule has 0 unspecified atom stereocenters. The second kappa shape index (κ2) is 4.51. The van der Waals surface area contributed by atoms with Gasteiger partial charge in [0.2, 0.25) is 0 Å². The van der Waals surface area contributed by atoms with Crippen molar-refractivity contribution in [3.8, 4) is 0 Å². The van der Waals surface area contributed by atoms with Crippen LogP contribution in [0, 0.1) is 6.92 Å². The van der Waals surface area contributed by atoms with Crippen molar-refractivity contribution in [2.24, 2.45) is 0 Å². The summed E-state index contributed by atoms with van der Waals surface area (Å²) in [6.45, 7) is 1.39. The Bertz CT molecular complexity index is 706. The van der Waals surface area contributed by atoms with Crippen LogP contribution in [0.3, 0.4) is 0 Å². The molecule has 0 radical (unpaired) electrons. The molecule has 0 saturated carbocycles. The third-order valence-electron chi connectivity index (χ3n) is 2.64. The summed E-state index contributed by atoms with van der Waals surface area (Å²) in [6, 6.07) is 1.43. The lowest BCUT2D eigenvalue weighted by Crippen LogP contribution is -2.31. The number of fused-ring (bicyclic) bond motifs is 1. The van der Waals surface area contributed by atoms with Crippen molar-refractivity contribution in [3.63, 3.8) is 0 Å². The number of hydrogen-bond donors (Lipinski definition) is 3. The van der Waals surface area contributed by atoms with Crippen molar-refractivity contribution < 1.29 is 27.9 Å². The quantitative estimate of drug-likeness (QED) is 0.788. The molecule has 0 aliphatic rings. The van der Waals surface area contributed by atoms with Gasteiger partial charge in [-0.15, -0.1) is 0 Å². The second-order valence-electron chi connectivity index (χ2n) is 4.03. The fourth-order valence-corrected chi connectivity index (χ4v) is 1.79. The molecule has 0 atom stereocenters. The van der Waals surface area contributed by atoms with Gasteiger partial charge in [0, 0.05) is 5.39 Å². The average molecular weight is 287 g/mol. The molecule has 1 heterocycles. The number of aromatic carboxylic acids is 1. The predicted molar refractivity (Wildman–Crippen MR) is 62.5 cm³/mol. The number of nitrogens with one attached hydrogen (secondary N) is 2. The molecule has 3 N–H and O–H groups in total. The molecule has 0 fully saturated rings. The number of carboxylic acids is 1. The molecule has 0 spiro atoms. The highest BCUT2D eigenvalue weighted by Gasteiger charge is 2.39. The number of amides is 1. The Morgan fingerprint density at radius 3 is 2.60 bits per heavy atom. The second-order valence-corrected chi connectivity index (χ2v) is 4.03. The van der Waals surface area contributed by atoms with E-state index in [9.17, 15) is 22.8 Å². The number of rotatable bonds is 2. The minimum atomic E-state index is -5.11. The maximum absolute atomic E-state index is 12.3. The zero-order chi connectivity index (χ0) is 15.1. The molecule has 6 nitrogen and oxygen atoms in total. The predicted octanol–water partition coefficient (Wildman–Crippen LogP) is 2.07. The number of anilines is 1. The Morgan fingerprint density at radius 2 is 2.05 bits per heavy atom. The topological polar surface area (TPSA) is 95.1 Å². The van der Waals surface area contributed by atoms with Crippen molar-refractivity contribution in [1.29, 1.82) is 0 Å². The Labute approximate surface area is 109 Å². The van der Waals surface area contributed by atoms with E-state index in [2.05, 4.69) is 10.2 Å². The van der Waals surface area contributed by atoms with E-state index in [1.807, 2.05) is 0 Å². The number of carbonyl (C=O) groups excluding carboxylic acids is 1. The van der Waals surface area contributed by atoms with Crippen LogP contribution in [0.5, 0.6) is 0 Å². The normalized spacial score (nSPS) is 11.6. The smallest absolute Gasteiger partial charge is 0.471 e. The summed E-state index contributed by atoms with van der Waals surface area (Å²) in [4.78, 5) is 22.2. The van der Waals surface area contributed by atoms with E-state index < -0.39 is 29.3 Å². The van der Waals surface area contributed by atoms with Gasteiger partial charge in [-0.3, -0.25) is 9.89 Å². The van der Waals surface area contributed by atoms with Crippen LogP contribution in [0.4, 0.5) is 18.9 Å².